The summed E-state index contributed by atoms with van der Waals surface area (Å²) in [5.41, 5.74) is 1.56. The second-order valence-corrected chi connectivity index (χ2v) is 6.68. The van der Waals surface area contributed by atoms with Crippen LogP contribution < -0.4 is 4.90 Å². The van der Waals surface area contributed by atoms with Crippen LogP contribution in [0.5, 0.6) is 0 Å². The Morgan fingerprint density at radius 3 is 2.60 bits per heavy atom. The Labute approximate surface area is 146 Å². The molecule has 6 heteroatoms. The summed E-state index contributed by atoms with van der Waals surface area (Å²) in [5, 5.41) is 9.54. The van der Waals surface area contributed by atoms with Crippen LogP contribution in [0.2, 0.25) is 0 Å². The molecule has 3 rings (SSSR count). The number of hydrogen-bond acceptors (Lipinski definition) is 4. The van der Waals surface area contributed by atoms with Crippen molar-refractivity contribution in [3.8, 4) is 11.4 Å². The summed E-state index contributed by atoms with van der Waals surface area (Å²) in [7, 11) is 0. The zero-order chi connectivity index (χ0) is 18.0. The van der Waals surface area contributed by atoms with Gasteiger partial charge < -0.3 is 10.0 Å². The van der Waals surface area contributed by atoms with Crippen LogP contribution in [0.15, 0.2) is 30.3 Å². The van der Waals surface area contributed by atoms with Gasteiger partial charge in [0.2, 0.25) is 0 Å². The lowest BCUT2D eigenvalue weighted by atomic mass is 10.0. The number of aromatic nitrogens is 2. The van der Waals surface area contributed by atoms with Crippen LogP contribution in [-0.2, 0) is 4.79 Å². The molecule has 1 aliphatic heterocycles. The van der Waals surface area contributed by atoms with E-state index < -0.39 is 12.0 Å². The van der Waals surface area contributed by atoms with Gasteiger partial charge in [0, 0.05) is 23.9 Å². The van der Waals surface area contributed by atoms with Gasteiger partial charge in [-0.05, 0) is 49.4 Å². The zero-order valence-electron chi connectivity index (χ0n) is 14.4. The Morgan fingerprint density at radius 2 is 1.96 bits per heavy atom. The van der Waals surface area contributed by atoms with Crippen LogP contribution in [0.3, 0.4) is 0 Å². The lowest BCUT2D eigenvalue weighted by molar-refractivity contribution is -0.139. The highest BCUT2D eigenvalue weighted by Crippen LogP contribution is 2.28. The Bertz CT molecular complexity index is 762. The Kier molecular flexibility index (Phi) is 4.97. The molecular formula is C19H22FN3O2. The van der Waals surface area contributed by atoms with Crippen LogP contribution in [0, 0.1) is 5.82 Å². The first-order valence-electron chi connectivity index (χ1n) is 8.60. The number of piperidine rings is 1. The minimum atomic E-state index is -0.826. The van der Waals surface area contributed by atoms with E-state index in [1.165, 1.54) is 12.1 Å². The molecule has 2 heterocycles. The number of hydrogen-bond donors (Lipinski definition) is 1. The lowest BCUT2D eigenvalue weighted by Gasteiger charge is -2.34. The normalized spacial score (nSPS) is 17.8. The second kappa shape index (κ2) is 7.17. The fourth-order valence-corrected chi connectivity index (χ4v) is 3.09. The van der Waals surface area contributed by atoms with Crippen molar-refractivity contribution in [3.05, 3.63) is 41.8 Å². The predicted octanol–water partition coefficient (Wildman–Crippen LogP) is 3.85. The van der Waals surface area contributed by atoms with Crippen molar-refractivity contribution >= 4 is 11.8 Å². The molecule has 1 fully saturated rings. The number of halogens is 1. The van der Waals surface area contributed by atoms with Crippen molar-refractivity contribution in [2.75, 3.05) is 11.4 Å². The highest BCUT2D eigenvalue weighted by atomic mass is 19.1. The molecule has 1 aromatic carbocycles. The topological polar surface area (TPSA) is 66.3 Å². The summed E-state index contributed by atoms with van der Waals surface area (Å²) in [6, 6.07) is 7.35. The van der Waals surface area contributed by atoms with E-state index in [2.05, 4.69) is 9.97 Å². The first-order chi connectivity index (χ1) is 12.0. The van der Waals surface area contributed by atoms with Gasteiger partial charge in [0.25, 0.3) is 0 Å². The molecule has 1 aliphatic rings. The molecule has 0 radical (unpaired) electrons. The van der Waals surface area contributed by atoms with E-state index in [4.69, 9.17) is 0 Å². The lowest BCUT2D eigenvalue weighted by Crippen LogP contribution is -2.45. The number of carboxylic acids is 1. The Morgan fingerprint density at radius 1 is 1.24 bits per heavy atom. The van der Waals surface area contributed by atoms with Crippen LogP contribution in [0.4, 0.5) is 10.2 Å². The number of rotatable bonds is 4. The fraction of sp³-hybridized carbons (Fsp3) is 0.421. The monoisotopic (exact) mass is 343 g/mol. The molecule has 1 saturated heterocycles. The standard InChI is InChI=1S/C19H22FN3O2/c1-12(2)15-11-17(23-10-4-3-5-16(23)19(24)25)22-18(21-15)13-6-8-14(20)9-7-13/h6-9,11-12,16H,3-5,10H2,1-2H3,(H,24,25). The highest BCUT2D eigenvalue weighted by molar-refractivity contribution is 5.78. The van der Waals surface area contributed by atoms with Crippen molar-refractivity contribution in [3.63, 3.8) is 0 Å². The highest BCUT2D eigenvalue weighted by Gasteiger charge is 2.30. The number of carbonyl (C=O) groups is 1. The number of anilines is 1. The van der Waals surface area contributed by atoms with Crippen LogP contribution in [0.25, 0.3) is 11.4 Å². The molecule has 0 amide bonds. The third kappa shape index (κ3) is 3.78. The van der Waals surface area contributed by atoms with E-state index >= 15 is 0 Å². The van der Waals surface area contributed by atoms with Crippen molar-refractivity contribution in [2.24, 2.45) is 0 Å². The van der Waals surface area contributed by atoms with Gasteiger partial charge in [-0.15, -0.1) is 0 Å². The molecule has 25 heavy (non-hydrogen) atoms. The summed E-state index contributed by atoms with van der Waals surface area (Å²) >= 11 is 0. The molecule has 132 valence electrons. The first kappa shape index (κ1) is 17.3. The van der Waals surface area contributed by atoms with E-state index in [0.717, 1.165) is 18.5 Å². The molecule has 2 aromatic rings. The average Bonchev–Trinajstić information content (AvgIpc) is 2.62. The summed E-state index contributed by atoms with van der Waals surface area (Å²) in [5.74, 6) is 0.161. The van der Waals surface area contributed by atoms with E-state index in [-0.39, 0.29) is 11.7 Å². The smallest absolute Gasteiger partial charge is 0.326 e. The quantitative estimate of drug-likeness (QED) is 0.913. The minimum absolute atomic E-state index is 0.175. The third-order valence-electron chi connectivity index (χ3n) is 4.51. The van der Waals surface area contributed by atoms with Gasteiger partial charge in [0.15, 0.2) is 5.82 Å². The summed E-state index contributed by atoms with van der Waals surface area (Å²) < 4.78 is 13.2. The van der Waals surface area contributed by atoms with Crippen LogP contribution >= 0.6 is 0 Å². The van der Waals surface area contributed by atoms with E-state index in [1.54, 1.807) is 12.1 Å². The number of carboxylic acid groups (broad SMARTS) is 1. The van der Waals surface area contributed by atoms with Crippen molar-refractivity contribution < 1.29 is 14.3 Å². The van der Waals surface area contributed by atoms with E-state index in [0.29, 0.717) is 30.2 Å². The van der Waals surface area contributed by atoms with Crippen molar-refractivity contribution in [2.45, 2.75) is 45.1 Å². The second-order valence-electron chi connectivity index (χ2n) is 6.68. The molecule has 1 unspecified atom stereocenters. The van der Waals surface area contributed by atoms with Gasteiger partial charge >= 0.3 is 5.97 Å². The van der Waals surface area contributed by atoms with Crippen LogP contribution in [-0.4, -0.2) is 33.6 Å². The first-order valence-corrected chi connectivity index (χ1v) is 8.60. The molecule has 1 atom stereocenters. The van der Waals surface area contributed by atoms with Gasteiger partial charge in [0.1, 0.15) is 17.7 Å². The molecule has 5 nitrogen and oxygen atoms in total. The van der Waals surface area contributed by atoms with E-state index in [1.807, 2.05) is 24.8 Å². The summed E-state index contributed by atoms with van der Waals surface area (Å²) in [4.78, 5) is 22.7. The van der Waals surface area contributed by atoms with Crippen molar-refractivity contribution in [1.29, 1.82) is 0 Å². The maximum atomic E-state index is 13.2. The number of benzene rings is 1. The summed E-state index contributed by atoms with van der Waals surface area (Å²) in [6.07, 6.45) is 2.46. The van der Waals surface area contributed by atoms with Gasteiger partial charge in [0.05, 0.1) is 0 Å². The SMILES string of the molecule is CC(C)c1cc(N2CCCCC2C(=O)O)nc(-c2ccc(F)cc2)n1. The minimum Gasteiger partial charge on any atom is -0.480 e. The van der Waals surface area contributed by atoms with E-state index in [9.17, 15) is 14.3 Å². The largest absolute Gasteiger partial charge is 0.480 e. The maximum Gasteiger partial charge on any atom is 0.326 e. The molecular weight excluding hydrogens is 321 g/mol. The van der Waals surface area contributed by atoms with Gasteiger partial charge in [-0.25, -0.2) is 19.2 Å². The van der Waals surface area contributed by atoms with Crippen molar-refractivity contribution in [1.82, 2.24) is 9.97 Å². The molecule has 0 bridgehead atoms. The number of aliphatic carboxylic acids is 1. The zero-order valence-corrected chi connectivity index (χ0v) is 14.4. The summed E-state index contributed by atoms with van der Waals surface area (Å²) in [6.45, 7) is 4.73. The molecule has 0 spiro atoms. The van der Waals surface area contributed by atoms with Gasteiger partial charge in [-0.2, -0.15) is 0 Å². The Hall–Kier alpha value is -2.50. The molecule has 0 aliphatic carbocycles. The van der Waals surface area contributed by atoms with Crippen LogP contribution in [0.1, 0.15) is 44.7 Å². The fourth-order valence-electron chi connectivity index (χ4n) is 3.09. The molecule has 0 saturated carbocycles. The molecule has 1 N–H and O–H groups in total. The predicted molar refractivity (Wildman–Crippen MR) is 94.1 cm³/mol. The van der Waals surface area contributed by atoms with Gasteiger partial charge in [-0.3, -0.25) is 0 Å². The Balaban J connectivity index is 2.06. The molecule has 1 aromatic heterocycles. The maximum absolute atomic E-state index is 13.2. The third-order valence-corrected chi connectivity index (χ3v) is 4.51. The average molecular weight is 343 g/mol. The number of nitrogens with zero attached hydrogens (tertiary/aromatic N) is 3. The van der Waals surface area contributed by atoms with Gasteiger partial charge in [-0.1, -0.05) is 13.8 Å².